The van der Waals surface area contributed by atoms with E-state index in [0.29, 0.717) is 10.8 Å². The zero-order valence-corrected chi connectivity index (χ0v) is 13.5. The summed E-state index contributed by atoms with van der Waals surface area (Å²) in [6.07, 6.45) is -0.988. The van der Waals surface area contributed by atoms with Gasteiger partial charge in [-0.05, 0) is 12.1 Å². The number of nitrogens with zero attached hydrogens (tertiary/aromatic N) is 1. The molecule has 0 saturated carbocycles. The van der Waals surface area contributed by atoms with E-state index >= 15 is 0 Å². The van der Waals surface area contributed by atoms with Gasteiger partial charge in [-0.3, -0.25) is 19.1 Å². The Hall–Kier alpha value is -1.83. The van der Waals surface area contributed by atoms with Crippen molar-refractivity contribution in [2.45, 2.75) is 9.96 Å². The summed E-state index contributed by atoms with van der Waals surface area (Å²) >= 11 is 17.3. The number of carbonyl (C=O) groups excluding carboxylic acids is 1. The van der Waals surface area contributed by atoms with Crippen molar-refractivity contribution < 1.29 is 9.18 Å². The second-order valence-corrected chi connectivity index (χ2v) is 6.80. The first-order valence-electron chi connectivity index (χ1n) is 6.14. The highest BCUT2D eigenvalue weighted by atomic mass is 35.6. The number of H-pyrrole nitrogens is 1. The van der Waals surface area contributed by atoms with E-state index in [-0.39, 0.29) is 5.56 Å². The molecule has 0 bridgehead atoms. The molecule has 0 radical (unpaired) electrons. The smallest absolute Gasteiger partial charge is 0.328 e. The summed E-state index contributed by atoms with van der Waals surface area (Å²) in [5.74, 6) is -1.92. The number of carbonyl (C=O) groups is 1. The summed E-state index contributed by atoms with van der Waals surface area (Å²) in [5, 5.41) is 2.32. The highest BCUT2D eigenvalue weighted by Gasteiger charge is 2.36. The van der Waals surface area contributed by atoms with Gasteiger partial charge < -0.3 is 5.32 Å². The number of hydrogen-bond donors (Lipinski definition) is 2. The SMILES string of the molecule is O=C(NC(n1cc(F)c(=O)[nH]c1=O)C(Cl)(Cl)Cl)c1ccccc1. The number of rotatable bonds is 3. The van der Waals surface area contributed by atoms with E-state index in [0.717, 1.165) is 0 Å². The first-order valence-corrected chi connectivity index (χ1v) is 7.27. The Morgan fingerprint density at radius 2 is 1.83 bits per heavy atom. The molecule has 10 heteroatoms. The van der Waals surface area contributed by atoms with Crippen LogP contribution in [0.5, 0.6) is 0 Å². The predicted octanol–water partition coefficient (Wildman–Crippen LogP) is 1.97. The molecule has 1 atom stereocenters. The van der Waals surface area contributed by atoms with Crippen molar-refractivity contribution >= 4 is 40.7 Å². The van der Waals surface area contributed by atoms with Crippen molar-refractivity contribution in [2.24, 2.45) is 0 Å². The number of nitrogens with one attached hydrogen (secondary N) is 2. The minimum Gasteiger partial charge on any atom is -0.328 e. The minimum atomic E-state index is -2.18. The van der Waals surface area contributed by atoms with Gasteiger partial charge in [0.25, 0.3) is 11.5 Å². The molecule has 1 aromatic heterocycles. The van der Waals surface area contributed by atoms with E-state index < -0.39 is 32.9 Å². The molecule has 0 aliphatic heterocycles. The fourth-order valence-electron chi connectivity index (χ4n) is 1.76. The lowest BCUT2D eigenvalue weighted by Gasteiger charge is -2.27. The van der Waals surface area contributed by atoms with Gasteiger partial charge in [0, 0.05) is 5.56 Å². The van der Waals surface area contributed by atoms with E-state index in [1.165, 1.54) is 12.1 Å². The molecule has 23 heavy (non-hydrogen) atoms. The second-order valence-electron chi connectivity index (χ2n) is 4.43. The van der Waals surface area contributed by atoms with Crippen molar-refractivity contribution in [3.63, 3.8) is 0 Å². The third-order valence-corrected chi connectivity index (χ3v) is 3.44. The number of hydrogen-bond acceptors (Lipinski definition) is 3. The monoisotopic (exact) mass is 379 g/mol. The average molecular weight is 381 g/mol. The van der Waals surface area contributed by atoms with Gasteiger partial charge in [0.1, 0.15) is 0 Å². The molecule has 0 aliphatic carbocycles. The molecule has 1 heterocycles. The molecule has 2 rings (SSSR count). The van der Waals surface area contributed by atoms with Crippen molar-refractivity contribution in [3.05, 3.63) is 68.7 Å². The first-order chi connectivity index (χ1) is 10.7. The maximum atomic E-state index is 13.4. The van der Waals surface area contributed by atoms with Crippen LogP contribution in [0, 0.1) is 5.82 Å². The molecular formula is C13H9Cl3FN3O3. The van der Waals surface area contributed by atoms with E-state index in [2.05, 4.69) is 5.32 Å². The Kier molecular flexibility index (Phi) is 5.13. The summed E-state index contributed by atoms with van der Waals surface area (Å²) in [4.78, 5) is 36.8. The van der Waals surface area contributed by atoms with Crippen LogP contribution in [0.2, 0.25) is 0 Å². The lowest BCUT2D eigenvalue weighted by Crippen LogP contribution is -2.46. The normalized spacial score (nSPS) is 12.7. The van der Waals surface area contributed by atoms with Gasteiger partial charge in [-0.15, -0.1) is 0 Å². The van der Waals surface area contributed by atoms with Gasteiger partial charge in [0.2, 0.25) is 9.61 Å². The maximum absolute atomic E-state index is 13.4. The van der Waals surface area contributed by atoms with Gasteiger partial charge in [-0.2, -0.15) is 4.39 Å². The van der Waals surface area contributed by atoms with Crippen LogP contribution in [0.3, 0.4) is 0 Å². The molecule has 0 aliphatic rings. The Balaban J connectivity index is 2.44. The molecule has 2 aromatic rings. The first kappa shape index (κ1) is 17.5. The van der Waals surface area contributed by atoms with Crippen molar-refractivity contribution in [1.29, 1.82) is 0 Å². The van der Waals surface area contributed by atoms with Crippen LogP contribution in [0.1, 0.15) is 16.5 Å². The van der Waals surface area contributed by atoms with Gasteiger partial charge >= 0.3 is 5.69 Å². The Labute approximate surface area is 143 Å². The third-order valence-electron chi connectivity index (χ3n) is 2.82. The van der Waals surface area contributed by atoms with Crippen LogP contribution in [0.15, 0.2) is 46.1 Å². The quantitative estimate of drug-likeness (QED) is 0.799. The summed E-state index contributed by atoms with van der Waals surface area (Å²) in [5.41, 5.74) is -2.02. The summed E-state index contributed by atoms with van der Waals surface area (Å²) in [6.45, 7) is 0. The fourth-order valence-corrected chi connectivity index (χ4v) is 2.24. The van der Waals surface area contributed by atoms with Crippen LogP contribution in [-0.4, -0.2) is 19.3 Å². The predicted molar refractivity (Wildman–Crippen MR) is 84.5 cm³/mol. The van der Waals surface area contributed by atoms with Crippen LogP contribution in [0.25, 0.3) is 0 Å². The van der Waals surface area contributed by atoms with Crippen LogP contribution < -0.4 is 16.6 Å². The topological polar surface area (TPSA) is 84.0 Å². The highest BCUT2D eigenvalue weighted by Crippen LogP contribution is 2.36. The van der Waals surface area contributed by atoms with Crippen LogP contribution >= 0.6 is 34.8 Å². The van der Waals surface area contributed by atoms with Crippen LogP contribution in [0.4, 0.5) is 4.39 Å². The number of halogens is 4. The maximum Gasteiger partial charge on any atom is 0.330 e. The van der Waals surface area contributed by atoms with E-state index in [4.69, 9.17) is 34.8 Å². The number of aromatic nitrogens is 2. The van der Waals surface area contributed by atoms with Gasteiger partial charge in [-0.25, -0.2) is 4.79 Å². The zero-order valence-electron chi connectivity index (χ0n) is 11.2. The van der Waals surface area contributed by atoms with Crippen molar-refractivity contribution in [2.75, 3.05) is 0 Å². The van der Waals surface area contributed by atoms with Crippen LogP contribution in [-0.2, 0) is 0 Å². The Bertz CT molecular complexity index is 830. The molecule has 0 saturated heterocycles. The van der Waals surface area contributed by atoms with Gasteiger partial charge in [0.15, 0.2) is 6.17 Å². The second kappa shape index (κ2) is 6.74. The van der Waals surface area contributed by atoms with Crippen molar-refractivity contribution in [1.82, 2.24) is 14.9 Å². The summed E-state index contributed by atoms with van der Waals surface area (Å²) < 4.78 is 11.8. The molecule has 0 spiro atoms. The lowest BCUT2D eigenvalue weighted by molar-refractivity contribution is 0.0918. The molecular weight excluding hydrogens is 372 g/mol. The van der Waals surface area contributed by atoms with Crippen molar-refractivity contribution in [3.8, 4) is 0 Å². The Morgan fingerprint density at radius 1 is 1.22 bits per heavy atom. The molecule has 1 aromatic carbocycles. The molecule has 1 unspecified atom stereocenters. The number of amides is 1. The summed E-state index contributed by atoms with van der Waals surface area (Å²) in [6, 6.07) is 7.93. The number of benzene rings is 1. The Morgan fingerprint density at radius 3 is 2.39 bits per heavy atom. The fraction of sp³-hybridized carbons (Fsp3) is 0.154. The number of aromatic amines is 1. The lowest BCUT2D eigenvalue weighted by atomic mass is 10.2. The zero-order chi connectivity index (χ0) is 17.2. The van der Waals surface area contributed by atoms with E-state index in [1.807, 2.05) is 0 Å². The van der Waals surface area contributed by atoms with E-state index in [1.54, 1.807) is 23.2 Å². The molecule has 122 valence electrons. The highest BCUT2D eigenvalue weighted by molar-refractivity contribution is 6.67. The van der Waals surface area contributed by atoms with Gasteiger partial charge in [0.05, 0.1) is 6.20 Å². The largest absolute Gasteiger partial charge is 0.330 e. The third kappa shape index (κ3) is 4.13. The molecule has 2 N–H and O–H groups in total. The average Bonchev–Trinajstić information content (AvgIpc) is 2.48. The van der Waals surface area contributed by atoms with Gasteiger partial charge in [-0.1, -0.05) is 53.0 Å². The standard InChI is InChI=1S/C13H9Cl3FN3O3/c14-13(15,16)11(18-9(21)7-4-2-1-3-5-7)20-6-8(17)10(22)19-12(20)23/h1-6,11H,(H,18,21)(H,19,22,23). The minimum absolute atomic E-state index is 0.240. The number of alkyl halides is 3. The molecule has 0 fully saturated rings. The summed E-state index contributed by atoms with van der Waals surface area (Å²) in [7, 11) is 0. The molecule has 6 nitrogen and oxygen atoms in total. The molecule has 1 amide bonds. The van der Waals surface area contributed by atoms with E-state index in [9.17, 15) is 18.8 Å².